The molecule has 2 aromatic rings. The molecule has 0 spiro atoms. The molecule has 1 heterocycles. The van der Waals surface area contributed by atoms with Gasteiger partial charge >= 0.3 is 0 Å². The molecule has 1 aromatic carbocycles. The fraction of sp³-hybridized carbons (Fsp3) is 0.357. The molecule has 1 radical (unpaired) electrons. The molecule has 5 heteroatoms. The Labute approximate surface area is 138 Å². The van der Waals surface area contributed by atoms with E-state index in [0.29, 0.717) is 6.54 Å². The number of hydrogen-bond donors (Lipinski definition) is 2. The van der Waals surface area contributed by atoms with E-state index < -0.39 is 0 Å². The molecule has 0 saturated carbocycles. The van der Waals surface area contributed by atoms with Crippen LogP contribution in [-0.2, 0) is 43.9 Å². The van der Waals surface area contributed by atoms with Gasteiger partial charge in [0.15, 0.2) is 0 Å². The molecule has 0 aliphatic carbocycles. The van der Waals surface area contributed by atoms with Gasteiger partial charge in [0.25, 0.3) is 0 Å². The zero-order valence-corrected chi connectivity index (χ0v) is 14.3. The molecule has 0 saturated heterocycles. The maximum absolute atomic E-state index is 10.8. The van der Waals surface area contributed by atoms with Crippen LogP contribution in [0.15, 0.2) is 12.1 Å². The molecular formula is C14H17N2O2Y-. The summed E-state index contributed by atoms with van der Waals surface area (Å²) in [6, 6.07) is 4.06. The van der Waals surface area contributed by atoms with E-state index in [1.165, 1.54) is 6.92 Å². The van der Waals surface area contributed by atoms with Crippen molar-refractivity contribution >= 4 is 16.8 Å². The van der Waals surface area contributed by atoms with E-state index in [9.17, 15) is 4.79 Å². The fourth-order valence-electron chi connectivity index (χ4n) is 2.03. The first kappa shape index (κ1) is 16.2. The summed E-state index contributed by atoms with van der Waals surface area (Å²) in [5.74, 6) is 0.861. The minimum atomic E-state index is -0.0109. The maximum atomic E-state index is 10.8. The third-order valence-electron chi connectivity index (χ3n) is 2.96. The Kier molecular flexibility index (Phi) is 6.02. The number of amides is 1. The van der Waals surface area contributed by atoms with Gasteiger partial charge in [0.2, 0.25) is 5.91 Å². The molecule has 0 unspecified atom stereocenters. The molecule has 0 bridgehead atoms. The van der Waals surface area contributed by atoms with Gasteiger partial charge in [0.05, 0.1) is 7.11 Å². The predicted octanol–water partition coefficient (Wildman–Crippen LogP) is 1.96. The number of hydrogen-bond acceptors (Lipinski definition) is 2. The van der Waals surface area contributed by atoms with Crippen molar-refractivity contribution in [2.75, 3.05) is 13.7 Å². The van der Waals surface area contributed by atoms with Gasteiger partial charge in [-0.1, -0.05) is 12.1 Å². The Morgan fingerprint density at radius 2 is 2.21 bits per heavy atom. The van der Waals surface area contributed by atoms with Crippen LogP contribution in [0.3, 0.4) is 0 Å². The summed E-state index contributed by atoms with van der Waals surface area (Å²) in [6.07, 6.45) is 3.89. The summed E-state index contributed by atoms with van der Waals surface area (Å²) < 4.78 is 5.32. The topological polar surface area (TPSA) is 54.1 Å². The number of aromatic amines is 1. The number of benzene rings is 1. The first-order valence-electron chi connectivity index (χ1n) is 5.93. The van der Waals surface area contributed by atoms with Crippen molar-refractivity contribution in [3.05, 3.63) is 29.5 Å². The van der Waals surface area contributed by atoms with Crippen molar-refractivity contribution in [2.24, 2.45) is 0 Å². The third kappa shape index (κ3) is 3.80. The quantitative estimate of drug-likeness (QED) is 0.840. The van der Waals surface area contributed by atoms with E-state index in [-0.39, 0.29) is 38.6 Å². The molecule has 99 valence electrons. The number of rotatable bonds is 4. The SMILES string of the molecule is COc1cc2c(CCNC(C)=O)[c-][nH]c2cc1C.[Y]. The van der Waals surface area contributed by atoms with Crippen molar-refractivity contribution in [1.29, 1.82) is 0 Å². The van der Waals surface area contributed by atoms with E-state index in [4.69, 9.17) is 4.74 Å². The Hall–Kier alpha value is -0.866. The summed E-state index contributed by atoms with van der Waals surface area (Å²) >= 11 is 0. The van der Waals surface area contributed by atoms with Crippen LogP contribution in [0, 0.1) is 13.1 Å². The Morgan fingerprint density at radius 3 is 2.84 bits per heavy atom. The smallest absolute Gasteiger partial charge is 0.216 e. The average Bonchev–Trinajstić information content (AvgIpc) is 2.70. The van der Waals surface area contributed by atoms with Gasteiger partial charge in [-0.2, -0.15) is 0 Å². The van der Waals surface area contributed by atoms with E-state index in [2.05, 4.69) is 16.5 Å². The van der Waals surface area contributed by atoms with Crippen molar-refractivity contribution in [1.82, 2.24) is 10.3 Å². The van der Waals surface area contributed by atoms with Crippen LogP contribution in [0.25, 0.3) is 10.9 Å². The summed E-state index contributed by atoms with van der Waals surface area (Å²) in [7, 11) is 1.67. The van der Waals surface area contributed by atoms with Crippen LogP contribution in [0.5, 0.6) is 5.75 Å². The number of nitrogens with one attached hydrogen (secondary N) is 2. The van der Waals surface area contributed by atoms with Gasteiger partial charge in [0, 0.05) is 46.2 Å². The zero-order valence-electron chi connectivity index (χ0n) is 11.5. The number of carbonyl (C=O) groups excluding carboxylic acids is 1. The van der Waals surface area contributed by atoms with Crippen LogP contribution in [0.4, 0.5) is 0 Å². The van der Waals surface area contributed by atoms with Crippen molar-refractivity contribution in [2.45, 2.75) is 20.3 Å². The monoisotopic (exact) mass is 334 g/mol. The number of carbonyl (C=O) groups is 1. The molecule has 0 aliphatic heterocycles. The molecule has 2 N–H and O–H groups in total. The fourth-order valence-corrected chi connectivity index (χ4v) is 2.03. The van der Waals surface area contributed by atoms with Crippen LogP contribution in [0.1, 0.15) is 18.1 Å². The van der Waals surface area contributed by atoms with E-state index in [0.717, 1.165) is 34.2 Å². The second-order valence-electron chi connectivity index (χ2n) is 4.33. The first-order chi connectivity index (χ1) is 8.61. The summed E-state index contributed by atoms with van der Waals surface area (Å²) in [5, 5.41) is 3.88. The van der Waals surface area contributed by atoms with E-state index in [1.54, 1.807) is 7.11 Å². The molecule has 19 heavy (non-hydrogen) atoms. The molecular weight excluding hydrogens is 317 g/mol. The molecule has 2 rings (SSSR count). The molecule has 0 atom stereocenters. The third-order valence-corrected chi connectivity index (χ3v) is 2.96. The van der Waals surface area contributed by atoms with Gasteiger partial charge in [-0.05, 0) is 18.9 Å². The van der Waals surface area contributed by atoms with Gasteiger partial charge in [-0.15, -0.1) is 22.7 Å². The van der Waals surface area contributed by atoms with E-state index in [1.807, 2.05) is 19.1 Å². The van der Waals surface area contributed by atoms with Gasteiger partial charge < -0.3 is 15.0 Å². The zero-order chi connectivity index (χ0) is 13.1. The van der Waals surface area contributed by atoms with Crippen LogP contribution >= 0.6 is 0 Å². The standard InChI is InChI=1S/C14H17N2O2.Y/c1-9-6-13-12(7-14(9)18-3)11(8-16-13)4-5-15-10(2)17;/h6-7,16H,4-5H2,1-3H3,(H,15,17);/q-1;. The summed E-state index contributed by atoms with van der Waals surface area (Å²) in [6.45, 7) is 4.15. The second kappa shape index (κ2) is 7.06. The maximum Gasteiger partial charge on any atom is 0.216 e. The Balaban J connectivity index is 0.00000180. The largest absolute Gasteiger partial charge is 0.498 e. The van der Waals surface area contributed by atoms with Crippen molar-refractivity contribution < 1.29 is 42.2 Å². The van der Waals surface area contributed by atoms with Gasteiger partial charge in [-0.25, -0.2) is 0 Å². The number of methoxy groups -OCH3 is 1. The van der Waals surface area contributed by atoms with E-state index >= 15 is 0 Å². The second-order valence-corrected chi connectivity index (χ2v) is 4.33. The van der Waals surface area contributed by atoms with Crippen molar-refractivity contribution in [3.63, 3.8) is 0 Å². The van der Waals surface area contributed by atoms with Gasteiger partial charge in [0.1, 0.15) is 5.75 Å². The normalized spacial score (nSPS) is 10.1. The van der Waals surface area contributed by atoms with Crippen LogP contribution in [0.2, 0.25) is 0 Å². The predicted molar refractivity (Wildman–Crippen MR) is 70.8 cm³/mol. The first-order valence-corrected chi connectivity index (χ1v) is 5.93. The molecule has 1 aromatic heterocycles. The number of aryl methyl sites for hydroxylation is 1. The molecule has 1 amide bonds. The van der Waals surface area contributed by atoms with Crippen molar-refractivity contribution in [3.8, 4) is 5.75 Å². The summed E-state index contributed by atoms with van der Waals surface area (Å²) in [4.78, 5) is 14.0. The van der Waals surface area contributed by atoms with Crippen LogP contribution in [-0.4, -0.2) is 24.5 Å². The molecule has 4 nitrogen and oxygen atoms in total. The molecule has 0 aliphatic rings. The number of fused-ring (bicyclic) bond motifs is 1. The number of ether oxygens (including phenoxy) is 1. The average molecular weight is 334 g/mol. The number of H-pyrrole nitrogens is 1. The number of aromatic nitrogens is 1. The Bertz CT molecular complexity index is 578. The summed E-state index contributed by atoms with van der Waals surface area (Å²) in [5.41, 5.74) is 3.21. The minimum absolute atomic E-state index is 0. The van der Waals surface area contributed by atoms with Crippen LogP contribution < -0.4 is 10.1 Å². The Morgan fingerprint density at radius 1 is 1.47 bits per heavy atom. The molecule has 0 fully saturated rings. The van der Waals surface area contributed by atoms with Gasteiger partial charge in [-0.3, -0.25) is 4.79 Å². The minimum Gasteiger partial charge on any atom is -0.498 e.